The molecule has 1 unspecified atom stereocenters. The third-order valence-electron chi connectivity index (χ3n) is 3.78. The van der Waals surface area contributed by atoms with Crippen LogP contribution < -0.4 is 4.90 Å². The molecule has 0 amide bonds. The molecule has 1 aliphatic heterocycles. The first-order valence-electron chi connectivity index (χ1n) is 7.09. The van der Waals surface area contributed by atoms with Crippen LogP contribution in [0.2, 0.25) is 0 Å². The highest BCUT2D eigenvalue weighted by atomic mass is 16.4. The van der Waals surface area contributed by atoms with Crippen LogP contribution in [0.4, 0.5) is 5.82 Å². The van der Waals surface area contributed by atoms with Crippen molar-refractivity contribution in [3.8, 4) is 0 Å². The van der Waals surface area contributed by atoms with Crippen LogP contribution in [0, 0.1) is 6.92 Å². The number of aryl methyl sites for hydroxylation is 1. The molecule has 0 radical (unpaired) electrons. The Bertz CT molecular complexity index is 653. The minimum Gasteiger partial charge on any atom is -0.477 e. The third kappa shape index (κ3) is 2.89. The monoisotopic (exact) mass is 286 g/mol. The van der Waals surface area contributed by atoms with Gasteiger partial charge in [-0.25, -0.2) is 9.78 Å². The lowest BCUT2D eigenvalue weighted by atomic mass is 10.1. The molecule has 6 nitrogen and oxygen atoms in total. The fourth-order valence-electron chi connectivity index (χ4n) is 2.73. The van der Waals surface area contributed by atoms with Gasteiger partial charge in [-0.15, -0.1) is 0 Å². The van der Waals surface area contributed by atoms with Gasteiger partial charge in [0.15, 0.2) is 5.69 Å². The van der Waals surface area contributed by atoms with Gasteiger partial charge in [0.1, 0.15) is 5.82 Å². The molecule has 0 spiro atoms. The summed E-state index contributed by atoms with van der Waals surface area (Å²) in [5.41, 5.74) is 1.24. The van der Waals surface area contributed by atoms with Gasteiger partial charge in [-0.05, 0) is 37.5 Å². The molecule has 1 saturated heterocycles. The molecule has 0 bridgehead atoms. The maximum atomic E-state index is 11.0. The number of piperidine rings is 1. The Kier molecular flexibility index (Phi) is 3.60. The number of carboxylic acids is 1. The third-order valence-corrected chi connectivity index (χ3v) is 3.78. The molecule has 0 aromatic carbocycles. The van der Waals surface area contributed by atoms with E-state index in [1.807, 2.05) is 23.9 Å². The van der Waals surface area contributed by atoms with Crippen LogP contribution in [0.1, 0.15) is 34.9 Å². The fraction of sp³-hybridized carbons (Fsp3) is 0.400. The molecular weight excluding hydrogens is 268 g/mol. The van der Waals surface area contributed by atoms with Gasteiger partial charge in [0, 0.05) is 19.3 Å². The Hall–Kier alpha value is -2.37. The number of nitrogens with zero attached hydrogens (tertiary/aromatic N) is 4. The van der Waals surface area contributed by atoms with E-state index < -0.39 is 5.97 Å². The molecule has 0 aliphatic carbocycles. The number of carboxylic acid groups (broad SMARTS) is 1. The van der Waals surface area contributed by atoms with Gasteiger partial charge in [-0.2, -0.15) is 5.10 Å². The van der Waals surface area contributed by atoms with Crippen molar-refractivity contribution in [2.45, 2.75) is 25.8 Å². The molecule has 21 heavy (non-hydrogen) atoms. The van der Waals surface area contributed by atoms with Crippen molar-refractivity contribution >= 4 is 11.8 Å². The summed E-state index contributed by atoms with van der Waals surface area (Å²) < 4.78 is 2.00. The van der Waals surface area contributed by atoms with E-state index in [0.29, 0.717) is 6.04 Å². The number of hydrogen-bond donors (Lipinski definition) is 1. The van der Waals surface area contributed by atoms with Gasteiger partial charge in [0.2, 0.25) is 0 Å². The average Bonchev–Trinajstić information content (AvgIpc) is 2.94. The molecule has 110 valence electrons. The van der Waals surface area contributed by atoms with E-state index >= 15 is 0 Å². The first-order valence-corrected chi connectivity index (χ1v) is 7.09. The standard InChI is InChI=1S/C15H18N4O2/c1-11-8-16-19(9-11)12-4-3-7-18(10-12)14-6-2-5-13(17-14)15(20)21/h2,5-6,8-9,12H,3-4,7,10H2,1H3,(H,20,21). The highest BCUT2D eigenvalue weighted by Gasteiger charge is 2.23. The highest BCUT2D eigenvalue weighted by Crippen LogP contribution is 2.25. The van der Waals surface area contributed by atoms with E-state index in [9.17, 15) is 4.79 Å². The van der Waals surface area contributed by atoms with Crippen LogP contribution in [-0.4, -0.2) is 38.9 Å². The number of anilines is 1. The van der Waals surface area contributed by atoms with E-state index in [-0.39, 0.29) is 5.69 Å². The highest BCUT2D eigenvalue weighted by molar-refractivity contribution is 5.85. The Labute approximate surface area is 123 Å². The Morgan fingerprint density at radius 1 is 1.43 bits per heavy atom. The molecule has 6 heteroatoms. The van der Waals surface area contributed by atoms with Crippen LogP contribution in [0.25, 0.3) is 0 Å². The number of pyridine rings is 1. The van der Waals surface area contributed by atoms with E-state index in [2.05, 4.69) is 21.2 Å². The van der Waals surface area contributed by atoms with Crippen molar-refractivity contribution in [1.82, 2.24) is 14.8 Å². The van der Waals surface area contributed by atoms with Crippen molar-refractivity contribution in [2.75, 3.05) is 18.0 Å². The van der Waals surface area contributed by atoms with Crippen LogP contribution in [0.3, 0.4) is 0 Å². The molecule has 1 aliphatic rings. The summed E-state index contributed by atoms with van der Waals surface area (Å²) in [4.78, 5) is 17.4. The van der Waals surface area contributed by atoms with Crippen LogP contribution in [-0.2, 0) is 0 Å². The quantitative estimate of drug-likeness (QED) is 0.936. The van der Waals surface area contributed by atoms with Gasteiger partial charge in [0.05, 0.1) is 12.2 Å². The number of rotatable bonds is 3. The lowest BCUT2D eigenvalue weighted by molar-refractivity contribution is 0.0690. The molecule has 0 saturated carbocycles. The normalized spacial score (nSPS) is 18.7. The van der Waals surface area contributed by atoms with Crippen molar-refractivity contribution in [1.29, 1.82) is 0 Å². The molecule has 1 fully saturated rings. The fourth-order valence-corrected chi connectivity index (χ4v) is 2.73. The summed E-state index contributed by atoms with van der Waals surface area (Å²) in [7, 11) is 0. The molecule has 1 N–H and O–H groups in total. The summed E-state index contributed by atoms with van der Waals surface area (Å²) in [6.07, 6.45) is 6.04. The zero-order chi connectivity index (χ0) is 14.8. The lowest BCUT2D eigenvalue weighted by Crippen LogP contribution is -2.37. The Balaban J connectivity index is 1.79. The van der Waals surface area contributed by atoms with Crippen molar-refractivity contribution in [2.24, 2.45) is 0 Å². The van der Waals surface area contributed by atoms with E-state index in [4.69, 9.17) is 5.11 Å². The largest absolute Gasteiger partial charge is 0.477 e. The minimum atomic E-state index is -0.992. The molecule has 3 rings (SSSR count). The van der Waals surface area contributed by atoms with Gasteiger partial charge in [-0.1, -0.05) is 6.07 Å². The van der Waals surface area contributed by atoms with E-state index in [0.717, 1.165) is 37.3 Å². The smallest absolute Gasteiger partial charge is 0.354 e. The summed E-state index contributed by atoms with van der Waals surface area (Å²) in [6.45, 7) is 3.73. The second-order valence-electron chi connectivity index (χ2n) is 5.43. The summed E-state index contributed by atoms with van der Waals surface area (Å²) in [6, 6.07) is 5.43. The van der Waals surface area contributed by atoms with Crippen molar-refractivity contribution < 1.29 is 9.90 Å². The topological polar surface area (TPSA) is 71.2 Å². The van der Waals surface area contributed by atoms with Crippen molar-refractivity contribution in [3.63, 3.8) is 0 Å². The Morgan fingerprint density at radius 2 is 2.29 bits per heavy atom. The molecular formula is C15H18N4O2. The molecule has 2 aromatic rings. The van der Waals surface area contributed by atoms with Gasteiger partial charge in [-0.3, -0.25) is 4.68 Å². The van der Waals surface area contributed by atoms with Crippen LogP contribution >= 0.6 is 0 Å². The number of hydrogen-bond acceptors (Lipinski definition) is 4. The molecule has 2 aromatic heterocycles. The predicted octanol–water partition coefficient (Wildman–Crippen LogP) is 2.13. The van der Waals surface area contributed by atoms with Gasteiger partial charge in [0.25, 0.3) is 0 Å². The maximum absolute atomic E-state index is 11.0. The second-order valence-corrected chi connectivity index (χ2v) is 5.43. The molecule has 3 heterocycles. The van der Waals surface area contributed by atoms with E-state index in [1.165, 1.54) is 6.07 Å². The summed E-state index contributed by atoms with van der Waals surface area (Å²) >= 11 is 0. The number of aromatic nitrogens is 3. The zero-order valence-corrected chi connectivity index (χ0v) is 11.9. The summed E-state index contributed by atoms with van der Waals surface area (Å²) in [5, 5.41) is 13.4. The Morgan fingerprint density at radius 3 is 3.00 bits per heavy atom. The van der Waals surface area contributed by atoms with E-state index in [1.54, 1.807) is 6.07 Å². The molecule has 1 atom stereocenters. The zero-order valence-electron chi connectivity index (χ0n) is 11.9. The van der Waals surface area contributed by atoms with Gasteiger partial charge < -0.3 is 10.0 Å². The van der Waals surface area contributed by atoms with Gasteiger partial charge >= 0.3 is 5.97 Å². The number of aromatic carboxylic acids is 1. The average molecular weight is 286 g/mol. The number of carbonyl (C=O) groups is 1. The van der Waals surface area contributed by atoms with Crippen LogP contribution in [0.15, 0.2) is 30.6 Å². The minimum absolute atomic E-state index is 0.0876. The van der Waals surface area contributed by atoms with Crippen LogP contribution in [0.5, 0.6) is 0 Å². The lowest BCUT2D eigenvalue weighted by Gasteiger charge is -2.33. The summed E-state index contributed by atoms with van der Waals surface area (Å²) in [5.74, 6) is -0.267. The maximum Gasteiger partial charge on any atom is 0.354 e. The first kappa shape index (κ1) is 13.6. The predicted molar refractivity (Wildman–Crippen MR) is 78.6 cm³/mol. The van der Waals surface area contributed by atoms with Crippen molar-refractivity contribution in [3.05, 3.63) is 41.9 Å². The first-order chi connectivity index (χ1) is 10.1. The SMILES string of the molecule is Cc1cnn(C2CCCN(c3cccc(C(=O)O)n3)C2)c1. The second kappa shape index (κ2) is 5.55.